The molecule has 6 heteroatoms. The molecular formula is C20H26N2O3S. The summed E-state index contributed by atoms with van der Waals surface area (Å²) >= 11 is 0. The summed E-state index contributed by atoms with van der Waals surface area (Å²) in [7, 11) is -3.34. The molecular weight excluding hydrogens is 348 g/mol. The van der Waals surface area contributed by atoms with Crippen LogP contribution in [0.4, 0.5) is 11.4 Å². The van der Waals surface area contributed by atoms with E-state index in [0.717, 1.165) is 16.8 Å². The molecule has 0 spiro atoms. The number of nitrogens with one attached hydrogen (secondary N) is 1. The van der Waals surface area contributed by atoms with Gasteiger partial charge in [-0.15, -0.1) is 0 Å². The lowest BCUT2D eigenvalue weighted by atomic mass is 9.98. The second-order valence-corrected chi connectivity index (χ2v) is 8.53. The van der Waals surface area contributed by atoms with Gasteiger partial charge in [0.1, 0.15) is 0 Å². The van der Waals surface area contributed by atoms with E-state index in [1.165, 1.54) is 10.6 Å². The number of carbonyl (C=O) groups excluding carboxylic acids is 1. The van der Waals surface area contributed by atoms with Gasteiger partial charge in [0, 0.05) is 17.8 Å². The van der Waals surface area contributed by atoms with Crippen molar-refractivity contribution in [2.45, 2.75) is 33.6 Å². The molecule has 0 radical (unpaired) electrons. The number of hydrogen-bond donors (Lipinski definition) is 1. The molecule has 0 aliphatic carbocycles. The first-order valence-corrected chi connectivity index (χ1v) is 10.5. The van der Waals surface area contributed by atoms with Crippen LogP contribution >= 0.6 is 0 Å². The van der Waals surface area contributed by atoms with Crippen molar-refractivity contribution in [3.8, 4) is 0 Å². The lowest BCUT2D eigenvalue weighted by Crippen LogP contribution is -2.29. The second kappa shape index (κ2) is 7.91. The molecule has 0 aliphatic rings. The normalized spacial score (nSPS) is 11.5. The molecule has 2 aromatic rings. The van der Waals surface area contributed by atoms with E-state index in [9.17, 15) is 13.2 Å². The first kappa shape index (κ1) is 20.0. The molecule has 0 aliphatic heterocycles. The van der Waals surface area contributed by atoms with E-state index in [1.54, 1.807) is 31.2 Å². The second-order valence-electron chi connectivity index (χ2n) is 6.62. The van der Waals surface area contributed by atoms with Crippen molar-refractivity contribution in [1.29, 1.82) is 0 Å². The third-order valence-electron chi connectivity index (χ3n) is 4.27. The maximum absolute atomic E-state index is 12.6. The molecule has 0 saturated carbocycles. The van der Waals surface area contributed by atoms with E-state index in [2.05, 4.69) is 19.2 Å². The van der Waals surface area contributed by atoms with Crippen molar-refractivity contribution >= 4 is 27.3 Å². The number of nitrogens with zero attached hydrogens (tertiary/aromatic N) is 1. The highest BCUT2D eigenvalue weighted by atomic mass is 32.2. The fourth-order valence-electron chi connectivity index (χ4n) is 2.92. The zero-order chi connectivity index (χ0) is 19.5. The van der Waals surface area contributed by atoms with E-state index in [0.29, 0.717) is 23.7 Å². The lowest BCUT2D eigenvalue weighted by molar-refractivity contribution is 0.102. The van der Waals surface area contributed by atoms with Crippen molar-refractivity contribution in [3.63, 3.8) is 0 Å². The van der Waals surface area contributed by atoms with Crippen molar-refractivity contribution in [1.82, 2.24) is 0 Å². The minimum absolute atomic E-state index is 0.213. The molecule has 0 heterocycles. The molecule has 5 nitrogen and oxygen atoms in total. The SMILES string of the molecule is CCN(c1ccc(C(=O)Nc2c(C)cccc2C(C)C)cc1)S(C)(=O)=O. The quantitative estimate of drug-likeness (QED) is 0.826. The van der Waals surface area contributed by atoms with E-state index in [4.69, 9.17) is 0 Å². The Morgan fingerprint density at radius 1 is 1.12 bits per heavy atom. The Morgan fingerprint density at radius 2 is 1.73 bits per heavy atom. The summed E-state index contributed by atoms with van der Waals surface area (Å²) in [6, 6.07) is 12.6. The first-order chi connectivity index (χ1) is 12.1. The zero-order valence-corrected chi connectivity index (χ0v) is 16.7. The van der Waals surface area contributed by atoms with Gasteiger partial charge in [-0.2, -0.15) is 0 Å². The van der Waals surface area contributed by atoms with E-state index >= 15 is 0 Å². The van der Waals surface area contributed by atoms with Gasteiger partial charge in [0.2, 0.25) is 10.0 Å². The van der Waals surface area contributed by atoms with Crippen LogP contribution in [0, 0.1) is 6.92 Å². The monoisotopic (exact) mass is 374 g/mol. The van der Waals surface area contributed by atoms with Gasteiger partial charge in [0.05, 0.1) is 11.9 Å². The number of hydrogen-bond acceptors (Lipinski definition) is 3. The standard InChI is InChI=1S/C20H26N2O3S/c1-6-22(26(5,24)25)17-12-10-16(11-13-17)20(23)21-19-15(4)8-7-9-18(19)14(2)3/h7-14H,6H2,1-5H3,(H,21,23). The van der Waals surface area contributed by atoms with Gasteiger partial charge in [0.15, 0.2) is 0 Å². The molecule has 2 aromatic carbocycles. The Hall–Kier alpha value is -2.34. The third kappa shape index (κ3) is 4.43. The van der Waals surface area contributed by atoms with Crippen LogP contribution in [0.15, 0.2) is 42.5 Å². The van der Waals surface area contributed by atoms with E-state index in [-0.39, 0.29) is 5.91 Å². The Balaban J connectivity index is 2.27. The number of carbonyl (C=O) groups is 1. The van der Waals surface area contributed by atoms with Crippen molar-refractivity contribution in [2.24, 2.45) is 0 Å². The van der Waals surface area contributed by atoms with E-state index < -0.39 is 10.0 Å². The molecule has 0 aromatic heterocycles. The van der Waals surface area contributed by atoms with Crippen LogP contribution < -0.4 is 9.62 Å². The predicted molar refractivity (Wildman–Crippen MR) is 108 cm³/mol. The number of rotatable bonds is 6. The van der Waals surface area contributed by atoms with Gasteiger partial charge in [-0.1, -0.05) is 32.0 Å². The topological polar surface area (TPSA) is 66.5 Å². The van der Waals surface area contributed by atoms with E-state index in [1.807, 2.05) is 25.1 Å². The Labute approximate surface area is 156 Å². The molecule has 0 bridgehead atoms. The Bertz CT molecular complexity index is 888. The largest absolute Gasteiger partial charge is 0.321 e. The van der Waals surface area contributed by atoms with Crippen molar-refractivity contribution < 1.29 is 13.2 Å². The van der Waals surface area contributed by atoms with Gasteiger partial charge in [-0.25, -0.2) is 8.42 Å². The fourth-order valence-corrected chi connectivity index (χ4v) is 3.89. The minimum Gasteiger partial charge on any atom is -0.321 e. The smallest absolute Gasteiger partial charge is 0.255 e. The number of sulfonamides is 1. The van der Waals surface area contributed by atoms with Crippen LogP contribution in [-0.4, -0.2) is 27.1 Å². The number of para-hydroxylation sites is 1. The van der Waals surface area contributed by atoms with Crippen LogP contribution in [0.25, 0.3) is 0 Å². The van der Waals surface area contributed by atoms with Crippen LogP contribution in [0.1, 0.15) is 48.2 Å². The summed E-state index contributed by atoms with van der Waals surface area (Å²) in [6.07, 6.45) is 1.17. The molecule has 26 heavy (non-hydrogen) atoms. The van der Waals surface area contributed by atoms with Gasteiger partial charge in [-0.05, 0) is 55.2 Å². The molecule has 1 amide bonds. The van der Waals surface area contributed by atoms with Gasteiger partial charge in [0.25, 0.3) is 5.91 Å². The van der Waals surface area contributed by atoms with Gasteiger partial charge in [-0.3, -0.25) is 9.10 Å². The lowest BCUT2D eigenvalue weighted by Gasteiger charge is -2.20. The highest BCUT2D eigenvalue weighted by Gasteiger charge is 2.17. The Kier molecular flexibility index (Phi) is 6.08. The summed E-state index contributed by atoms with van der Waals surface area (Å²) in [5.41, 5.74) is 3.96. The number of anilines is 2. The van der Waals surface area contributed by atoms with Crippen LogP contribution in [-0.2, 0) is 10.0 Å². The summed E-state index contributed by atoms with van der Waals surface area (Å²) in [5, 5.41) is 3.00. The van der Waals surface area contributed by atoms with Gasteiger partial charge < -0.3 is 5.32 Å². The predicted octanol–water partition coefficient (Wildman–Crippen LogP) is 4.16. The summed E-state index contributed by atoms with van der Waals surface area (Å²) in [4.78, 5) is 12.6. The average molecular weight is 375 g/mol. The van der Waals surface area contributed by atoms with Crippen LogP contribution in [0.5, 0.6) is 0 Å². The van der Waals surface area contributed by atoms with Crippen LogP contribution in [0.2, 0.25) is 0 Å². The number of amides is 1. The first-order valence-electron chi connectivity index (χ1n) is 8.63. The fraction of sp³-hybridized carbons (Fsp3) is 0.350. The number of aryl methyl sites for hydroxylation is 1. The summed E-state index contributed by atoms with van der Waals surface area (Å²) in [5.74, 6) is 0.0793. The molecule has 0 unspecified atom stereocenters. The van der Waals surface area contributed by atoms with Crippen LogP contribution in [0.3, 0.4) is 0 Å². The van der Waals surface area contributed by atoms with Crippen molar-refractivity contribution in [2.75, 3.05) is 22.4 Å². The number of benzene rings is 2. The molecule has 0 saturated heterocycles. The highest BCUT2D eigenvalue weighted by Crippen LogP contribution is 2.28. The average Bonchev–Trinajstić information content (AvgIpc) is 2.56. The maximum Gasteiger partial charge on any atom is 0.255 e. The molecule has 140 valence electrons. The van der Waals surface area contributed by atoms with Crippen molar-refractivity contribution in [3.05, 3.63) is 59.2 Å². The summed E-state index contributed by atoms with van der Waals surface area (Å²) in [6.45, 7) is 8.25. The third-order valence-corrected chi connectivity index (χ3v) is 5.54. The molecule has 0 atom stereocenters. The molecule has 2 rings (SSSR count). The van der Waals surface area contributed by atoms with Gasteiger partial charge >= 0.3 is 0 Å². The molecule has 0 fully saturated rings. The Morgan fingerprint density at radius 3 is 2.23 bits per heavy atom. The minimum atomic E-state index is -3.34. The zero-order valence-electron chi connectivity index (χ0n) is 15.9. The maximum atomic E-state index is 12.6. The summed E-state index contributed by atoms with van der Waals surface area (Å²) < 4.78 is 24.9. The highest BCUT2D eigenvalue weighted by molar-refractivity contribution is 7.92. The molecule has 1 N–H and O–H groups in total.